The zero-order valence-electron chi connectivity index (χ0n) is 19.2. The van der Waals surface area contributed by atoms with Gasteiger partial charge in [0.05, 0.1) is 35.5 Å². The third kappa shape index (κ3) is 4.91. The maximum Gasteiger partial charge on any atom is 0.330 e. The van der Waals surface area contributed by atoms with Crippen LogP contribution < -0.4 is 18.9 Å². The number of ether oxygens (including phenoxy) is 5. The van der Waals surface area contributed by atoms with E-state index in [1.165, 1.54) is 51.0 Å². The Morgan fingerprint density at radius 2 is 1.52 bits per heavy atom. The van der Waals surface area contributed by atoms with Crippen molar-refractivity contribution in [3.8, 4) is 23.0 Å². The van der Waals surface area contributed by atoms with Gasteiger partial charge in [-0.2, -0.15) is 4.31 Å². The Labute approximate surface area is 193 Å². The average Bonchev–Trinajstić information content (AvgIpc) is 2.84. The van der Waals surface area contributed by atoms with Crippen LogP contribution in [0.4, 0.5) is 0 Å². The van der Waals surface area contributed by atoms with Crippen LogP contribution in [0, 0.1) is 0 Å². The van der Waals surface area contributed by atoms with E-state index in [1.807, 2.05) is 6.07 Å². The molecule has 33 heavy (non-hydrogen) atoms. The lowest BCUT2D eigenvalue weighted by Gasteiger charge is -2.29. The summed E-state index contributed by atoms with van der Waals surface area (Å²) >= 11 is 0. The molecule has 0 spiro atoms. The monoisotopic (exact) mass is 477 g/mol. The third-order valence-electron chi connectivity index (χ3n) is 5.38. The highest BCUT2D eigenvalue weighted by molar-refractivity contribution is 7.89. The summed E-state index contributed by atoms with van der Waals surface area (Å²) < 4.78 is 54.8. The van der Waals surface area contributed by atoms with Crippen molar-refractivity contribution in [2.24, 2.45) is 0 Å². The summed E-state index contributed by atoms with van der Waals surface area (Å²) in [4.78, 5) is 11.4. The van der Waals surface area contributed by atoms with Gasteiger partial charge < -0.3 is 23.7 Å². The molecule has 1 aliphatic heterocycles. The first-order valence-electron chi connectivity index (χ1n) is 10.0. The standard InChI is InChI=1S/C23H27NO8S/c1-28-18-12-16-8-9-24(14-17(16)13-19(18)29-2)33(26,27)21-11-15(6-7-22(25)31-4)10-20(30-3)23(21)32-5/h6-7,10-13H,8-9,14H2,1-5H3/b7-6+. The SMILES string of the molecule is COC(=O)/C=C/c1cc(OC)c(OC)c(S(=O)(=O)N2CCc3cc(OC)c(OC)cc3C2)c1. The van der Waals surface area contributed by atoms with E-state index >= 15 is 0 Å². The maximum absolute atomic E-state index is 13.7. The van der Waals surface area contributed by atoms with Crippen LogP contribution in [0.3, 0.4) is 0 Å². The van der Waals surface area contributed by atoms with Crippen LogP contribution in [0.2, 0.25) is 0 Å². The summed E-state index contributed by atoms with van der Waals surface area (Å²) in [5.41, 5.74) is 2.27. The minimum atomic E-state index is -3.98. The fourth-order valence-corrected chi connectivity index (χ4v) is 5.29. The molecule has 178 valence electrons. The van der Waals surface area contributed by atoms with Crippen molar-refractivity contribution >= 4 is 22.1 Å². The molecule has 0 saturated carbocycles. The number of esters is 1. The summed E-state index contributed by atoms with van der Waals surface area (Å²) in [6.07, 6.45) is 3.17. The second-order valence-electron chi connectivity index (χ2n) is 7.18. The molecule has 0 aliphatic carbocycles. The highest BCUT2D eigenvalue weighted by Gasteiger charge is 2.33. The van der Waals surface area contributed by atoms with Crippen molar-refractivity contribution < 1.29 is 36.9 Å². The molecular formula is C23H27NO8S. The number of carbonyl (C=O) groups is 1. The molecule has 0 fully saturated rings. The fourth-order valence-electron chi connectivity index (χ4n) is 3.67. The molecule has 1 heterocycles. The first kappa shape index (κ1) is 24.4. The van der Waals surface area contributed by atoms with E-state index in [1.54, 1.807) is 19.2 Å². The van der Waals surface area contributed by atoms with E-state index in [0.29, 0.717) is 23.5 Å². The molecule has 3 rings (SSSR count). The Hall–Kier alpha value is -3.24. The van der Waals surface area contributed by atoms with Gasteiger partial charge in [-0.3, -0.25) is 0 Å². The third-order valence-corrected chi connectivity index (χ3v) is 7.23. The van der Waals surface area contributed by atoms with Gasteiger partial charge in [-0.05, 0) is 53.5 Å². The molecule has 2 aromatic carbocycles. The number of rotatable bonds is 8. The first-order chi connectivity index (χ1) is 15.8. The normalized spacial score (nSPS) is 14.0. The second-order valence-corrected chi connectivity index (χ2v) is 9.08. The molecule has 2 aromatic rings. The molecule has 1 aliphatic rings. The molecule has 9 nitrogen and oxygen atoms in total. The molecule has 0 bridgehead atoms. The Balaban J connectivity index is 2.05. The van der Waals surface area contributed by atoms with Crippen molar-refractivity contribution in [3.63, 3.8) is 0 Å². The number of carbonyl (C=O) groups excluding carboxylic acids is 1. The van der Waals surface area contributed by atoms with Crippen LogP contribution in [-0.4, -0.2) is 60.8 Å². The second kappa shape index (κ2) is 10.1. The van der Waals surface area contributed by atoms with Gasteiger partial charge in [0.15, 0.2) is 23.0 Å². The number of hydrogen-bond acceptors (Lipinski definition) is 8. The Morgan fingerprint density at radius 3 is 2.09 bits per heavy atom. The minimum absolute atomic E-state index is 0.0576. The molecule has 0 aromatic heterocycles. The van der Waals surface area contributed by atoms with Gasteiger partial charge in [0.25, 0.3) is 0 Å². The van der Waals surface area contributed by atoms with Gasteiger partial charge >= 0.3 is 5.97 Å². The van der Waals surface area contributed by atoms with Crippen LogP contribution in [0.1, 0.15) is 16.7 Å². The Kier molecular flexibility index (Phi) is 7.50. The van der Waals surface area contributed by atoms with Crippen molar-refractivity contribution in [2.75, 3.05) is 42.1 Å². The van der Waals surface area contributed by atoms with E-state index < -0.39 is 16.0 Å². The van der Waals surface area contributed by atoms with Crippen LogP contribution in [0.15, 0.2) is 35.2 Å². The van der Waals surface area contributed by atoms with Gasteiger partial charge in [-0.25, -0.2) is 13.2 Å². The highest BCUT2D eigenvalue weighted by atomic mass is 32.2. The van der Waals surface area contributed by atoms with E-state index in [4.69, 9.17) is 18.9 Å². The number of sulfonamides is 1. The van der Waals surface area contributed by atoms with Crippen molar-refractivity contribution in [1.82, 2.24) is 4.31 Å². The number of benzene rings is 2. The summed E-state index contributed by atoms with van der Waals surface area (Å²) in [7, 11) is 3.17. The van der Waals surface area contributed by atoms with Crippen LogP contribution in [0.25, 0.3) is 6.08 Å². The Morgan fingerprint density at radius 1 is 0.879 bits per heavy atom. The van der Waals surface area contributed by atoms with Crippen molar-refractivity contribution in [2.45, 2.75) is 17.9 Å². The van der Waals surface area contributed by atoms with Gasteiger partial charge in [-0.1, -0.05) is 0 Å². The lowest BCUT2D eigenvalue weighted by molar-refractivity contribution is -0.134. The lowest BCUT2D eigenvalue weighted by atomic mass is 10.0. The first-order valence-corrected chi connectivity index (χ1v) is 11.5. The average molecular weight is 478 g/mol. The van der Waals surface area contributed by atoms with Crippen LogP contribution in [-0.2, 0) is 32.5 Å². The Bertz CT molecular complexity index is 1170. The van der Waals surface area contributed by atoms with Gasteiger partial charge in [0.1, 0.15) is 4.90 Å². The van der Waals surface area contributed by atoms with Crippen molar-refractivity contribution in [3.05, 3.63) is 47.0 Å². The largest absolute Gasteiger partial charge is 0.493 e. The van der Waals surface area contributed by atoms with Crippen LogP contribution >= 0.6 is 0 Å². The summed E-state index contributed by atoms with van der Waals surface area (Å²) in [5.74, 6) is 0.887. The summed E-state index contributed by atoms with van der Waals surface area (Å²) in [6, 6.07) is 6.70. The fraction of sp³-hybridized carbons (Fsp3) is 0.348. The molecule has 0 amide bonds. The number of fused-ring (bicyclic) bond motifs is 1. The molecule has 0 atom stereocenters. The minimum Gasteiger partial charge on any atom is -0.493 e. The predicted molar refractivity (Wildman–Crippen MR) is 121 cm³/mol. The topological polar surface area (TPSA) is 101 Å². The zero-order valence-corrected chi connectivity index (χ0v) is 20.0. The van der Waals surface area contributed by atoms with E-state index in [0.717, 1.165) is 11.1 Å². The number of hydrogen-bond donors (Lipinski definition) is 0. The smallest absolute Gasteiger partial charge is 0.330 e. The number of nitrogens with zero attached hydrogens (tertiary/aromatic N) is 1. The molecular weight excluding hydrogens is 450 g/mol. The summed E-state index contributed by atoms with van der Waals surface area (Å²) in [5, 5.41) is 0. The van der Waals surface area contributed by atoms with E-state index in [-0.39, 0.29) is 29.5 Å². The molecule has 0 N–H and O–H groups in total. The zero-order chi connectivity index (χ0) is 24.2. The molecule has 0 radical (unpaired) electrons. The molecule has 0 unspecified atom stereocenters. The molecule has 10 heteroatoms. The number of methoxy groups -OCH3 is 5. The maximum atomic E-state index is 13.7. The predicted octanol–water partition coefficient (Wildman–Crippen LogP) is 2.65. The van der Waals surface area contributed by atoms with Gasteiger partial charge in [0, 0.05) is 19.2 Å². The van der Waals surface area contributed by atoms with Crippen molar-refractivity contribution in [1.29, 1.82) is 0 Å². The van der Waals surface area contributed by atoms with E-state index in [2.05, 4.69) is 4.74 Å². The lowest BCUT2D eigenvalue weighted by Crippen LogP contribution is -2.36. The van der Waals surface area contributed by atoms with Gasteiger partial charge in [-0.15, -0.1) is 0 Å². The molecule has 0 saturated heterocycles. The van der Waals surface area contributed by atoms with Gasteiger partial charge in [0.2, 0.25) is 10.0 Å². The highest BCUT2D eigenvalue weighted by Crippen LogP contribution is 2.40. The summed E-state index contributed by atoms with van der Waals surface area (Å²) in [6.45, 7) is 0.435. The quantitative estimate of drug-likeness (QED) is 0.423. The van der Waals surface area contributed by atoms with E-state index in [9.17, 15) is 13.2 Å². The van der Waals surface area contributed by atoms with Crippen LogP contribution in [0.5, 0.6) is 23.0 Å².